The Morgan fingerprint density at radius 1 is 1.09 bits per heavy atom. The minimum Gasteiger partial charge on any atom is -0.352 e. The Morgan fingerprint density at radius 3 is 2.71 bits per heavy atom. The van der Waals surface area contributed by atoms with Crippen LogP contribution < -0.4 is 5.32 Å². The molecule has 0 radical (unpaired) electrons. The van der Waals surface area contributed by atoms with Gasteiger partial charge in [0.2, 0.25) is 0 Å². The van der Waals surface area contributed by atoms with Crippen LogP contribution in [0.15, 0.2) is 61.1 Å². The van der Waals surface area contributed by atoms with Gasteiger partial charge in [0.25, 0.3) is 5.91 Å². The van der Waals surface area contributed by atoms with Gasteiger partial charge in [-0.05, 0) is 30.7 Å². The summed E-state index contributed by atoms with van der Waals surface area (Å²) in [5.74, 6) is 1.55. The third kappa shape index (κ3) is 4.26. The second-order valence-corrected chi connectivity index (χ2v) is 9.41. The summed E-state index contributed by atoms with van der Waals surface area (Å²) in [7, 11) is 0. The molecular formula is C26H27N7O. The van der Waals surface area contributed by atoms with Crippen molar-refractivity contribution in [2.45, 2.75) is 39.0 Å². The lowest BCUT2D eigenvalue weighted by Crippen LogP contribution is -2.26. The number of aromatic nitrogens is 6. The monoisotopic (exact) mass is 453 g/mol. The average Bonchev–Trinajstić information content (AvgIpc) is 3.45. The number of carbonyl (C=O) groups is 1. The van der Waals surface area contributed by atoms with E-state index in [1.165, 1.54) is 0 Å². The number of carbonyl (C=O) groups excluding carboxylic acids is 1. The summed E-state index contributed by atoms with van der Waals surface area (Å²) in [5.41, 5.74) is 4.61. The minimum atomic E-state index is -0.229. The number of amides is 1. The second kappa shape index (κ2) is 8.70. The Morgan fingerprint density at radius 2 is 1.94 bits per heavy atom. The van der Waals surface area contributed by atoms with Crippen molar-refractivity contribution in [3.8, 4) is 11.1 Å². The molecule has 34 heavy (non-hydrogen) atoms. The Bertz CT molecular complexity index is 1430. The van der Waals surface area contributed by atoms with E-state index in [4.69, 9.17) is 0 Å². The van der Waals surface area contributed by atoms with E-state index in [0.29, 0.717) is 17.8 Å². The molecule has 0 saturated heterocycles. The number of aromatic amines is 1. The largest absolute Gasteiger partial charge is 0.352 e. The maximum absolute atomic E-state index is 13.2. The van der Waals surface area contributed by atoms with Crippen LogP contribution in [0.1, 0.15) is 49.2 Å². The molecular weight excluding hydrogens is 426 g/mol. The molecule has 0 aliphatic heterocycles. The molecule has 5 rings (SSSR count). The van der Waals surface area contributed by atoms with E-state index in [9.17, 15) is 4.79 Å². The normalized spacial score (nSPS) is 11.9. The number of hydrogen-bond acceptors (Lipinski definition) is 5. The van der Waals surface area contributed by atoms with Gasteiger partial charge in [0.1, 0.15) is 11.6 Å². The zero-order chi connectivity index (χ0) is 23.7. The maximum Gasteiger partial charge on any atom is 0.255 e. The van der Waals surface area contributed by atoms with Crippen LogP contribution in [-0.2, 0) is 11.8 Å². The maximum atomic E-state index is 13.2. The van der Waals surface area contributed by atoms with Crippen molar-refractivity contribution in [1.29, 1.82) is 0 Å². The summed E-state index contributed by atoms with van der Waals surface area (Å²) in [6, 6.07) is 13.7. The molecule has 0 aliphatic rings. The molecule has 1 amide bonds. The number of aryl methyl sites for hydroxylation is 1. The van der Waals surface area contributed by atoms with E-state index < -0.39 is 0 Å². The standard InChI is InChI=1S/C26H27N7O/c1-26(2,3)25-32-31-23-19(14-18(16-33(23)25)17-8-6-12-27-15-17)24(34)28-13-7-11-22-29-20-9-4-5-10-21(20)30-22/h4-6,8-10,12,14-16H,7,11,13H2,1-3H3,(H,28,34)(H,29,30). The van der Waals surface area contributed by atoms with Crippen LogP contribution in [0.3, 0.4) is 0 Å². The summed E-state index contributed by atoms with van der Waals surface area (Å²) >= 11 is 0. The van der Waals surface area contributed by atoms with E-state index in [0.717, 1.165) is 46.7 Å². The number of nitrogens with zero attached hydrogens (tertiary/aromatic N) is 5. The van der Waals surface area contributed by atoms with E-state index in [2.05, 4.69) is 51.2 Å². The number of fused-ring (bicyclic) bond motifs is 2. The fourth-order valence-corrected chi connectivity index (χ4v) is 4.04. The van der Waals surface area contributed by atoms with Gasteiger partial charge in [-0.25, -0.2) is 4.98 Å². The van der Waals surface area contributed by atoms with Crippen LogP contribution in [0.4, 0.5) is 0 Å². The van der Waals surface area contributed by atoms with Crippen LogP contribution in [0.25, 0.3) is 27.8 Å². The van der Waals surface area contributed by atoms with Crippen molar-refractivity contribution in [1.82, 2.24) is 34.9 Å². The van der Waals surface area contributed by atoms with Gasteiger partial charge in [0, 0.05) is 48.1 Å². The van der Waals surface area contributed by atoms with Gasteiger partial charge in [0.15, 0.2) is 5.65 Å². The average molecular weight is 454 g/mol. The highest BCUT2D eigenvalue weighted by Crippen LogP contribution is 2.27. The van der Waals surface area contributed by atoms with E-state index in [-0.39, 0.29) is 11.3 Å². The third-order valence-corrected chi connectivity index (χ3v) is 5.73. The predicted octanol–water partition coefficient (Wildman–Crippen LogP) is 4.33. The van der Waals surface area contributed by atoms with Gasteiger partial charge < -0.3 is 10.3 Å². The molecule has 0 fully saturated rings. The molecule has 1 aromatic carbocycles. The molecule has 0 saturated carbocycles. The Kier molecular flexibility index (Phi) is 5.57. The van der Waals surface area contributed by atoms with Crippen molar-refractivity contribution in [3.63, 3.8) is 0 Å². The number of pyridine rings is 2. The topological polar surface area (TPSA) is 101 Å². The summed E-state index contributed by atoms with van der Waals surface area (Å²) in [4.78, 5) is 25.4. The number of hydrogen-bond donors (Lipinski definition) is 2. The lowest BCUT2D eigenvalue weighted by molar-refractivity contribution is 0.0954. The van der Waals surface area contributed by atoms with Crippen molar-refractivity contribution in [2.24, 2.45) is 0 Å². The number of rotatable bonds is 6. The third-order valence-electron chi connectivity index (χ3n) is 5.73. The van der Waals surface area contributed by atoms with Crippen molar-refractivity contribution in [3.05, 3.63) is 78.3 Å². The first kappa shape index (κ1) is 21.8. The molecule has 0 atom stereocenters. The zero-order valence-electron chi connectivity index (χ0n) is 19.5. The second-order valence-electron chi connectivity index (χ2n) is 9.41. The molecule has 0 spiro atoms. The van der Waals surface area contributed by atoms with Gasteiger partial charge in [-0.1, -0.05) is 39.0 Å². The first-order valence-electron chi connectivity index (χ1n) is 11.4. The SMILES string of the molecule is CC(C)(C)c1nnc2c(C(=O)NCCCc3nc4ccccc4[nH]3)cc(-c3cccnc3)cn12. The molecule has 172 valence electrons. The highest BCUT2D eigenvalue weighted by atomic mass is 16.1. The van der Waals surface area contributed by atoms with Gasteiger partial charge in [-0.15, -0.1) is 10.2 Å². The molecule has 8 nitrogen and oxygen atoms in total. The highest BCUT2D eigenvalue weighted by Gasteiger charge is 2.24. The summed E-state index contributed by atoms with van der Waals surface area (Å²) in [6.07, 6.45) is 7.02. The van der Waals surface area contributed by atoms with E-state index in [1.807, 2.05) is 53.1 Å². The highest BCUT2D eigenvalue weighted by molar-refractivity contribution is 6.01. The lowest BCUT2D eigenvalue weighted by atomic mass is 9.95. The quantitative estimate of drug-likeness (QED) is 0.373. The predicted molar refractivity (Wildman–Crippen MR) is 132 cm³/mol. The number of imidazole rings is 1. The van der Waals surface area contributed by atoms with Gasteiger partial charge >= 0.3 is 0 Å². The first-order chi connectivity index (χ1) is 16.4. The van der Waals surface area contributed by atoms with Crippen LogP contribution in [0, 0.1) is 0 Å². The summed E-state index contributed by atoms with van der Waals surface area (Å²) < 4.78 is 1.92. The number of para-hydroxylation sites is 2. The van der Waals surface area contributed by atoms with E-state index in [1.54, 1.807) is 12.4 Å². The molecule has 5 aromatic rings. The van der Waals surface area contributed by atoms with Crippen molar-refractivity contribution in [2.75, 3.05) is 6.54 Å². The van der Waals surface area contributed by atoms with Crippen LogP contribution in [0.5, 0.6) is 0 Å². The zero-order valence-corrected chi connectivity index (χ0v) is 19.5. The van der Waals surface area contributed by atoms with Gasteiger partial charge in [0.05, 0.1) is 16.6 Å². The minimum absolute atomic E-state index is 0.173. The number of benzene rings is 1. The van der Waals surface area contributed by atoms with Gasteiger partial charge in [-0.3, -0.25) is 14.2 Å². The lowest BCUT2D eigenvalue weighted by Gasteiger charge is -2.17. The molecule has 4 heterocycles. The summed E-state index contributed by atoms with van der Waals surface area (Å²) in [5, 5.41) is 11.8. The molecule has 0 unspecified atom stereocenters. The fraction of sp³-hybridized carbons (Fsp3) is 0.269. The smallest absolute Gasteiger partial charge is 0.255 e. The van der Waals surface area contributed by atoms with E-state index >= 15 is 0 Å². The molecule has 0 bridgehead atoms. The molecule has 8 heteroatoms. The van der Waals surface area contributed by atoms with Crippen LogP contribution in [-0.4, -0.2) is 42.0 Å². The molecule has 4 aromatic heterocycles. The Balaban J connectivity index is 1.38. The fourth-order valence-electron chi connectivity index (χ4n) is 4.04. The van der Waals surface area contributed by atoms with Crippen molar-refractivity contribution >= 4 is 22.6 Å². The Hall–Kier alpha value is -4.07. The molecule has 0 aliphatic carbocycles. The Labute approximate surface area is 197 Å². The van der Waals surface area contributed by atoms with Crippen LogP contribution in [0.2, 0.25) is 0 Å². The van der Waals surface area contributed by atoms with Crippen molar-refractivity contribution < 1.29 is 4.79 Å². The summed E-state index contributed by atoms with van der Waals surface area (Å²) in [6.45, 7) is 6.77. The molecule has 2 N–H and O–H groups in total. The number of nitrogens with one attached hydrogen (secondary N) is 2. The van der Waals surface area contributed by atoms with Gasteiger partial charge in [-0.2, -0.15) is 0 Å². The van der Waals surface area contributed by atoms with Crippen LogP contribution >= 0.6 is 0 Å². The first-order valence-corrected chi connectivity index (χ1v) is 11.4. The number of H-pyrrole nitrogens is 1.